The van der Waals surface area contributed by atoms with Gasteiger partial charge in [-0.3, -0.25) is 0 Å². The van der Waals surface area contributed by atoms with Crippen LogP contribution >= 0.6 is 0 Å². The normalized spacial score (nSPS) is 17.4. The van der Waals surface area contributed by atoms with Crippen molar-refractivity contribution in [2.45, 2.75) is 39.3 Å². The third kappa shape index (κ3) is 2.75. The van der Waals surface area contributed by atoms with Gasteiger partial charge in [-0.15, -0.1) is 0 Å². The number of carbonyl (C=O) groups is 1. The van der Waals surface area contributed by atoms with Crippen LogP contribution in [-0.4, -0.2) is 32.0 Å². The second kappa shape index (κ2) is 6.23. The first-order valence-electron chi connectivity index (χ1n) is 8.53. The maximum Gasteiger partial charge on any atom is 0.318 e. The Kier molecular flexibility index (Phi) is 3.91. The molecule has 1 aliphatic heterocycles. The fourth-order valence-corrected chi connectivity index (χ4v) is 3.66. The zero-order valence-corrected chi connectivity index (χ0v) is 14.4. The number of rotatable bonds is 3. The molecular weight excluding hydrogens is 318 g/mol. The number of pyridine rings is 1. The summed E-state index contributed by atoms with van der Waals surface area (Å²) in [5.41, 5.74) is 3.74. The molecule has 1 fully saturated rings. The summed E-state index contributed by atoms with van der Waals surface area (Å²) < 4.78 is 7.27. The lowest BCUT2D eigenvalue weighted by molar-refractivity contribution is 0.192. The Labute approximate surface area is 145 Å². The van der Waals surface area contributed by atoms with Crippen molar-refractivity contribution in [1.29, 1.82) is 0 Å². The molecule has 7 nitrogen and oxygen atoms in total. The number of hydrogen-bond donors (Lipinski definition) is 1. The van der Waals surface area contributed by atoms with E-state index in [1.165, 1.54) is 0 Å². The smallest absolute Gasteiger partial charge is 0.318 e. The van der Waals surface area contributed by atoms with E-state index in [0.717, 1.165) is 47.7 Å². The van der Waals surface area contributed by atoms with Gasteiger partial charge >= 0.3 is 6.03 Å². The van der Waals surface area contributed by atoms with Crippen molar-refractivity contribution < 1.29 is 9.32 Å². The van der Waals surface area contributed by atoms with E-state index in [1.807, 2.05) is 47.5 Å². The van der Waals surface area contributed by atoms with Crippen LogP contribution in [0.2, 0.25) is 0 Å². The quantitative estimate of drug-likeness (QED) is 0.796. The molecule has 25 heavy (non-hydrogen) atoms. The average Bonchev–Trinajstić information content (AvgIpc) is 3.32. The van der Waals surface area contributed by atoms with Crippen LogP contribution in [0.25, 0.3) is 5.65 Å². The molecular formula is C18H21N5O2. The van der Waals surface area contributed by atoms with Gasteiger partial charge in [0, 0.05) is 18.3 Å². The number of likely N-dealkylation sites (tertiary alicyclic amines) is 1. The molecule has 4 heterocycles. The van der Waals surface area contributed by atoms with Gasteiger partial charge in [-0.1, -0.05) is 11.2 Å². The van der Waals surface area contributed by atoms with Gasteiger partial charge in [0.25, 0.3) is 0 Å². The van der Waals surface area contributed by atoms with Crippen LogP contribution in [0.4, 0.5) is 4.79 Å². The number of urea groups is 1. The third-order valence-electron chi connectivity index (χ3n) is 4.85. The third-order valence-corrected chi connectivity index (χ3v) is 4.85. The lowest BCUT2D eigenvalue weighted by Crippen LogP contribution is -2.39. The monoisotopic (exact) mass is 339 g/mol. The Morgan fingerprint density at radius 3 is 3.08 bits per heavy atom. The summed E-state index contributed by atoms with van der Waals surface area (Å²) >= 11 is 0. The maximum absolute atomic E-state index is 12.7. The zero-order valence-electron chi connectivity index (χ0n) is 14.4. The lowest BCUT2D eigenvalue weighted by Gasteiger charge is -2.25. The fraction of sp³-hybridized carbons (Fsp3) is 0.389. The largest absolute Gasteiger partial charge is 0.361 e. The van der Waals surface area contributed by atoms with Crippen LogP contribution < -0.4 is 5.32 Å². The predicted octanol–water partition coefficient (Wildman–Crippen LogP) is 2.99. The topological polar surface area (TPSA) is 75.7 Å². The van der Waals surface area contributed by atoms with Crippen LogP contribution in [0.3, 0.4) is 0 Å². The molecule has 0 unspecified atom stereocenters. The number of imidazole rings is 1. The van der Waals surface area contributed by atoms with E-state index in [0.29, 0.717) is 6.54 Å². The van der Waals surface area contributed by atoms with Crippen molar-refractivity contribution in [2.24, 2.45) is 0 Å². The number of amides is 2. The van der Waals surface area contributed by atoms with Crippen molar-refractivity contribution in [3.63, 3.8) is 0 Å². The van der Waals surface area contributed by atoms with Crippen LogP contribution in [0, 0.1) is 13.8 Å². The first-order chi connectivity index (χ1) is 12.1. The number of hydrogen-bond acceptors (Lipinski definition) is 4. The fourth-order valence-electron chi connectivity index (χ4n) is 3.66. The Balaban J connectivity index is 1.49. The number of carbonyl (C=O) groups excluding carboxylic acids is 1. The molecule has 3 aromatic heterocycles. The molecule has 3 aromatic rings. The average molecular weight is 339 g/mol. The summed E-state index contributed by atoms with van der Waals surface area (Å²) in [4.78, 5) is 19.0. The maximum atomic E-state index is 12.7. The summed E-state index contributed by atoms with van der Waals surface area (Å²) in [6.07, 6.45) is 5.67. The number of nitrogens with one attached hydrogen (secondary N) is 1. The predicted molar refractivity (Wildman–Crippen MR) is 92.1 cm³/mol. The first-order valence-corrected chi connectivity index (χ1v) is 8.53. The van der Waals surface area contributed by atoms with Gasteiger partial charge in [0.05, 0.1) is 30.2 Å². The van der Waals surface area contributed by atoms with Gasteiger partial charge in [0.2, 0.25) is 0 Å². The number of aromatic nitrogens is 3. The zero-order chi connectivity index (χ0) is 17.4. The van der Waals surface area contributed by atoms with E-state index in [4.69, 9.17) is 4.52 Å². The Bertz CT molecular complexity index is 894. The molecule has 1 aliphatic rings. The summed E-state index contributed by atoms with van der Waals surface area (Å²) in [5.74, 6) is 0.795. The van der Waals surface area contributed by atoms with Gasteiger partial charge in [-0.2, -0.15) is 0 Å². The highest BCUT2D eigenvalue weighted by molar-refractivity contribution is 5.75. The number of aryl methyl sites for hydroxylation is 2. The molecule has 2 amide bonds. The van der Waals surface area contributed by atoms with E-state index in [2.05, 4.69) is 15.5 Å². The second-order valence-corrected chi connectivity index (χ2v) is 6.43. The minimum atomic E-state index is -0.0617. The van der Waals surface area contributed by atoms with Gasteiger partial charge in [-0.25, -0.2) is 9.78 Å². The van der Waals surface area contributed by atoms with Crippen LogP contribution in [0.5, 0.6) is 0 Å². The molecule has 130 valence electrons. The molecule has 0 spiro atoms. The summed E-state index contributed by atoms with van der Waals surface area (Å²) in [5, 5.41) is 7.06. The highest BCUT2D eigenvalue weighted by Gasteiger charge is 2.33. The van der Waals surface area contributed by atoms with E-state index >= 15 is 0 Å². The second-order valence-electron chi connectivity index (χ2n) is 6.43. The molecule has 1 atom stereocenters. The molecule has 0 radical (unpaired) electrons. The summed E-state index contributed by atoms with van der Waals surface area (Å²) in [6, 6.07) is 5.82. The van der Waals surface area contributed by atoms with Crippen LogP contribution in [0.15, 0.2) is 35.1 Å². The first kappa shape index (κ1) is 15.7. The van der Waals surface area contributed by atoms with Gasteiger partial charge in [-0.05, 0) is 38.8 Å². The van der Waals surface area contributed by atoms with E-state index < -0.39 is 0 Å². The van der Waals surface area contributed by atoms with E-state index in [9.17, 15) is 4.79 Å². The number of nitrogens with zero attached hydrogens (tertiary/aromatic N) is 4. The van der Waals surface area contributed by atoms with Crippen molar-refractivity contribution in [2.75, 3.05) is 6.54 Å². The van der Waals surface area contributed by atoms with Crippen molar-refractivity contribution in [3.05, 3.63) is 53.3 Å². The van der Waals surface area contributed by atoms with Crippen molar-refractivity contribution in [1.82, 2.24) is 24.8 Å². The van der Waals surface area contributed by atoms with E-state index in [-0.39, 0.29) is 12.1 Å². The van der Waals surface area contributed by atoms with Gasteiger partial charge < -0.3 is 19.1 Å². The summed E-state index contributed by atoms with van der Waals surface area (Å²) in [7, 11) is 0. The molecule has 0 saturated carbocycles. The lowest BCUT2D eigenvalue weighted by atomic mass is 10.0. The van der Waals surface area contributed by atoms with Crippen molar-refractivity contribution in [3.8, 4) is 0 Å². The van der Waals surface area contributed by atoms with Gasteiger partial charge in [0.1, 0.15) is 11.4 Å². The molecule has 0 aliphatic carbocycles. The highest BCUT2D eigenvalue weighted by Crippen LogP contribution is 2.35. The Morgan fingerprint density at radius 2 is 2.28 bits per heavy atom. The molecule has 4 rings (SSSR count). The molecule has 7 heteroatoms. The minimum absolute atomic E-state index is 0.0356. The van der Waals surface area contributed by atoms with Crippen LogP contribution in [-0.2, 0) is 6.54 Å². The van der Waals surface area contributed by atoms with Crippen LogP contribution in [0.1, 0.15) is 41.6 Å². The minimum Gasteiger partial charge on any atom is -0.361 e. The Morgan fingerprint density at radius 1 is 1.40 bits per heavy atom. The number of fused-ring (bicyclic) bond motifs is 1. The van der Waals surface area contributed by atoms with Gasteiger partial charge in [0.15, 0.2) is 0 Å². The molecule has 1 saturated heterocycles. The molecule has 0 bridgehead atoms. The summed E-state index contributed by atoms with van der Waals surface area (Å²) in [6.45, 7) is 5.02. The molecule has 0 aromatic carbocycles. The standard InChI is InChI=1S/C18H21N5O2/c1-12-17(13(2)25-21-12)15-6-5-9-23(15)18(24)20-11-14-10-19-16-7-3-4-8-22(14)16/h3-4,7-8,10,15H,5-6,9,11H2,1-2H3,(H,20,24)/t15-/m0/s1. The van der Waals surface area contributed by atoms with E-state index in [1.54, 1.807) is 6.20 Å². The molecule has 1 N–H and O–H groups in total. The highest BCUT2D eigenvalue weighted by atomic mass is 16.5. The Hall–Kier alpha value is -2.83. The van der Waals surface area contributed by atoms with Crippen molar-refractivity contribution >= 4 is 11.7 Å². The SMILES string of the molecule is Cc1noc(C)c1[C@@H]1CCCN1C(=O)NCc1cnc2ccccn12.